The Labute approximate surface area is 193 Å². The van der Waals surface area contributed by atoms with Gasteiger partial charge in [-0.25, -0.2) is 4.98 Å². The predicted octanol–water partition coefficient (Wildman–Crippen LogP) is 4.90. The number of fused-ring (bicyclic) bond motifs is 1. The van der Waals surface area contributed by atoms with Crippen molar-refractivity contribution in [3.05, 3.63) is 55.0 Å². The molecular formula is C24H22F3N5O2. The van der Waals surface area contributed by atoms with E-state index in [0.29, 0.717) is 22.7 Å². The predicted molar refractivity (Wildman–Crippen MR) is 122 cm³/mol. The monoisotopic (exact) mass is 469 g/mol. The van der Waals surface area contributed by atoms with Gasteiger partial charge in [-0.1, -0.05) is 12.1 Å². The fraction of sp³-hybridized carbons (Fsp3) is 0.250. The van der Waals surface area contributed by atoms with E-state index < -0.39 is 12.1 Å². The molecule has 0 amide bonds. The number of alkyl halides is 3. The number of nitrogen functional groups attached to an aromatic ring is 1. The number of halogens is 3. The van der Waals surface area contributed by atoms with Crippen LogP contribution in [0.2, 0.25) is 0 Å². The Morgan fingerprint density at radius 3 is 2.68 bits per heavy atom. The van der Waals surface area contributed by atoms with Crippen molar-refractivity contribution < 1.29 is 22.6 Å². The Morgan fingerprint density at radius 2 is 1.88 bits per heavy atom. The van der Waals surface area contributed by atoms with E-state index in [-0.39, 0.29) is 11.8 Å². The van der Waals surface area contributed by atoms with Crippen molar-refractivity contribution in [2.45, 2.75) is 25.3 Å². The highest BCUT2D eigenvalue weighted by atomic mass is 19.4. The first-order valence-electron chi connectivity index (χ1n) is 10.8. The molecule has 7 nitrogen and oxygen atoms in total. The van der Waals surface area contributed by atoms with Crippen LogP contribution >= 0.6 is 0 Å². The van der Waals surface area contributed by atoms with Gasteiger partial charge in [0.1, 0.15) is 6.10 Å². The number of benzene rings is 2. The third kappa shape index (κ3) is 4.76. The number of nitrogens with two attached hydrogens (primary N) is 1. The van der Waals surface area contributed by atoms with Crippen LogP contribution in [-0.2, 0) is 0 Å². The molecule has 1 saturated heterocycles. The minimum absolute atomic E-state index is 0.0477. The van der Waals surface area contributed by atoms with Crippen LogP contribution in [0.4, 0.5) is 18.9 Å². The maximum absolute atomic E-state index is 12.7. The molecule has 1 fully saturated rings. The lowest BCUT2D eigenvalue weighted by Crippen LogP contribution is -2.37. The molecule has 0 aliphatic carbocycles. The number of hydrogen-bond donors (Lipinski definition) is 3. The maximum atomic E-state index is 12.7. The molecule has 3 heterocycles. The smallest absolute Gasteiger partial charge is 0.472 e. The zero-order valence-electron chi connectivity index (χ0n) is 18.0. The minimum Gasteiger partial charge on any atom is -0.472 e. The van der Waals surface area contributed by atoms with Gasteiger partial charge in [0.2, 0.25) is 5.88 Å². The zero-order valence-corrected chi connectivity index (χ0v) is 18.0. The van der Waals surface area contributed by atoms with Crippen LogP contribution in [0.25, 0.3) is 33.3 Å². The van der Waals surface area contributed by atoms with Crippen molar-refractivity contribution in [3.63, 3.8) is 0 Å². The molecule has 0 spiro atoms. The number of anilines is 1. The summed E-state index contributed by atoms with van der Waals surface area (Å²) in [7, 11) is 0. The number of hydrogen-bond acceptors (Lipinski definition) is 6. The summed E-state index contributed by atoms with van der Waals surface area (Å²) in [5.41, 5.74) is 9.10. The summed E-state index contributed by atoms with van der Waals surface area (Å²) in [6.07, 6.45) is 2.29. The molecule has 1 atom stereocenters. The second-order valence-electron chi connectivity index (χ2n) is 8.09. The van der Waals surface area contributed by atoms with Crippen molar-refractivity contribution in [2.24, 2.45) is 0 Å². The molecule has 1 unspecified atom stereocenters. The molecule has 4 aromatic rings. The normalized spacial score (nSPS) is 16.5. The largest absolute Gasteiger partial charge is 0.573 e. The molecule has 4 N–H and O–H groups in total. The summed E-state index contributed by atoms with van der Waals surface area (Å²) < 4.78 is 48.3. The second kappa shape index (κ2) is 8.86. The fourth-order valence-electron chi connectivity index (χ4n) is 4.06. The van der Waals surface area contributed by atoms with Crippen molar-refractivity contribution in [3.8, 4) is 34.0 Å². The van der Waals surface area contributed by atoms with Gasteiger partial charge in [0.05, 0.1) is 23.8 Å². The van der Waals surface area contributed by atoms with E-state index in [1.807, 2.05) is 24.4 Å². The molecule has 176 valence electrons. The van der Waals surface area contributed by atoms with Crippen LogP contribution in [0.5, 0.6) is 11.6 Å². The molecule has 0 saturated carbocycles. The first-order chi connectivity index (χ1) is 16.4. The molecule has 2 aromatic carbocycles. The van der Waals surface area contributed by atoms with E-state index in [9.17, 15) is 13.2 Å². The third-order valence-electron chi connectivity index (χ3n) is 5.68. The van der Waals surface area contributed by atoms with Crippen LogP contribution in [-0.4, -0.2) is 40.5 Å². The molecule has 0 radical (unpaired) electrons. The van der Waals surface area contributed by atoms with Gasteiger partial charge in [0.15, 0.2) is 5.75 Å². The summed E-state index contributed by atoms with van der Waals surface area (Å²) in [4.78, 5) is 12.1. The Kier molecular flexibility index (Phi) is 5.74. The number of nitrogens with zero attached hydrogens (tertiary/aromatic N) is 2. The van der Waals surface area contributed by atoms with Crippen molar-refractivity contribution in [1.29, 1.82) is 0 Å². The van der Waals surface area contributed by atoms with Crippen molar-refractivity contribution >= 4 is 16.6 Å². The summed E-state index contributed by atoms with van der Waals surface area (Å²) >= 11 is 0. The van der Waals surface area contributed by atoms with E-state index in [4.69, 9.17) is 10.5 Å². The lowest BCUT2D eigenvalue weighted by Gasteiger charge is -2.23. The number of ether oxygens (including phenoxy) is 2. The Morgan fingerprint density at radius 1 is 1.06 bits per heavy atom. The summed E-state index contributed by atoms with van der Waals surface area (Å²) in [5, 5.41) is 4.15. The highest BCUT2D eigenvalue weighted by Gasteiger charge is 2.32. The van der Waals surface area contributed by atoms with E-state index in [2.05, 4.69) is 25.0 Å². The molecule has 10 heteroatoms. The summed E-state index contributed by atoms with van der Waals surface area (Å²) in [6.45, 7) is 1.76. The van der Waals surface area contributed by atoms with E-state index in [1.165, 1.54) is 12.1 Å². The van der Waals surface area contributed by atoms with Gasteiger partial charge in [-0.15, -0.1) is 13.2 Å². The van der Waals surface area contributed by atoms with Crippen LogP contribution < -0.4 is 20.5 Å². The van der Waals surface area contributed by atoms with E-state index in [0.717, 1.165) is 42.4 Å². The van der Waals surface area contributed by atoms with Gasteiger partial charge in [-0.3, -0.25) is 4.98 Å². The molecule has 2 aromatic heterocycles. The molecule has 1 aliphatic heterocycles. The van der Waals surface area contributed by atoms with Crippen LogP contribution in [0.3, 0.4) is 0 Å². The van der Waals surface area contributed by atoms with Gasteiger partial charge in [0, 0.05) is 29.2 Å². The van der Waals surface area contributed by atoms with Crippen molar-refractivity contribution in [2.75, 3.05) is 18.8 Å². The second-order valence-corrected chi connectivity index (χ2v) is 8.09. The average molecular weight is 469 g/mol. The van der Waals surface area contributed by atoms with E-state index in [1.54, 1.807) is 18.5 Å². The lowest BCUT2D eigenvalue weighted by atomic mass is 10.0. The Balaban J connectivity index is 1.47. The van der Waals surface area contributed by atoms with Crippen molar-refractivity contribution in [1.82, 2.24) is 20.3 Å². The highest BCUT2D eigenvalue weighted by molar-refractivity contribution is 5.97. The zero-order chi connectivity index (χ0) is 23.7. The van der Waals surface area contributed by atoms with Gasteiger partial charge >= 0.3 is 6.36 Å². The van der Waals surface area contributed by atoms with Crippen LogP contribution in [0.1, 0.15) is 12.8 Å². The van der Waals surface area contributed by atoms with Crippen LogP contribution in [0, 0.1) is 0 Å². The maximum Gasteiger partial charge on any atom is 0.573 e. The quantitative estimate of drug-likeness (QED) is 0.360. The van der Waals surface area contributed by atoms with E-state index >= 15 is 0 Å². The van der Waals surface area contributed by atoms with Crippen LogP contribution in [0.15, 0.2) is 55.0 Å². The molecule has 0 bridgehead atoms. The van der Waals surface area contributed by atoms with Gasteiger partial charge < -0.3 is 25.5 Å². The first-order valence-corrected chi connectivity index (χ1v) is 10.8. The molecule has 34 heavy (non-hydrogen) atoms. The number of piperidine rings is 1. The SMILES string of the molecule is Nc1ccc(-c2ccc3[nH]cc(-c4cncc(OC5CCCNC5)n4)c3c2)cc1OC(F)(F)F. The first kappa shape index (κ1) is 22.0. The standard InChI is InChI=1S/C24H22F3N5O2/c25-24(26,27)34-22-9-15(3-5-19(22)28)14-4-6-20-17(8-14)18(11-31-20)21-12-30-13-23(32-21)33-16-2-1-7-29-10-16/h3-6,8-9,11-13,16,29,31H,1-2,7,10,28H2. The number of aromatic nitrogens is 3. The van der Waals surface area contributed by atoms with Gasteiger partial charge in [-0.2, -0.15) is 0 Å². The highest BCUT2D eigenvalue weighted by Crippen LogP contribution is 2.36. The Bertz CT molecular complexity index is 1320. The molecular weight excluding hydrogens is 447 g/mol. The summed E-state index contributed by atoms with van der Waals surface area (Å²) in [6, 6.07) is 9.87. The number of rotatable bonds is 5. The fourth-order valence-corrected chi connectivity index (χ4v) is 4.06. The van der Waals surface area contributed by atoms with Gasteiger partial charge in [0.25, 0.3) is 0 Å². The number of H-pyrrole nitrogens is 1. The molecule has 5 rings (SSSR count). The third-order valence-corrected chi connectivity index (χ3v) is 5.68. The summed E-state index contributed by atoms with van der Waals surface area (Å²) in [5.74, 6) is 0.0106. The number of aromatic amines is 1. The lowest BCUT2D eigenvalue weighted by molar-refractivity contribution is -0.274. The van der Waals surface area contributed by atoms with Gasteiger partial charge in [-0.05, 0) is 54.8 Å². The number of nitrogens with one attached hydrogen (secondary N) is 2. The Hall–Kier alpha value is -3.79. The minimum atomic E-state index is -4.83. The average Bonchev–Trinajstić information content (AvgIpc) is 3.24. The molecule has 1 aliphatic rings. The topological polar surface area (TPSA) is 98.1 Å².